The summed E-state index contributed by atoms with van der Waals surface area (Å²) in [5, 5.41) is 3.80. The highest BCUT2D eigenvalue weighted by atomic mass is 16.5. The summed E-state index contributed by atoms with van der Waals surface area (Å²) in [5.41, 5.74) is 14.9. The Balaban J connectivity index is 1.31. The van der Waals surface area contributed by atoms with Gasteiger partial charge in [0, 0.05) is 18.3 Å². The van der Waals surface area contributed by atoms with E-state index in [1.54, 1.807) is 0 Å². The summed E-state index contributed by atoms with van der Waals surface area (Å²) in [6, 6.07) is 22.1. The van der Waals surface area contributed by atoms with Crippen molar-refractivity contribution in [2.75, 3.05) is 11.9 Å². The minimum atomic E-state index is 0.541. The summed E-state index contributed by atoms with van der Waals surface area (Å²) in [6.45, 7) is 5.63. The van der Waals surface area contributed by atoms with Crippen LogP contribution in [0.15, 0.2) is 60.7 Å². The number of fused-ring (bicyclic) bond motifs is 1. The largest absolute Gasteiger partial charge is 0.493 e. The molecule has 31 heavy (non-hydrogen) atoms. The normalized spacial score (nSPS) is 15.3. The van der Waals surface area contributed by atoms with E-state index in [1.165, 1.54) is 58.3 Å². The lowest BCUT2D eigenvalue weighted by atomic mass is 9.89. The second kappa shape index (κ2) is 10.0. The predicted molar refractivity (Wildman–Crippen MR) is 131 cm³/mol. The lowest BCUT2D eigenvalue weighted by Crippen LogP contribution is -2.25. The van der Waals surface area contributed by atoms with Gasteiger partial charge in [0.05, 0.1) is 6.61 Å². The highest BCUT2D eigenvalue weighted by Gasteiger charge is 2.20. The number of nitrogens with one attached hydrogen (secondary N) is 1. The van der Waals surface area contributed by atoms with E-state index in [0.717, 1.165) is 25.2 Å². The number of unbranched alkanes of at least 4 members (excludes halogenated alkanes) is 1. The zero-order valence-electron chi connectivity index (χ0n) is 18.8. The van der Waals surface area contributed by atoms with E-state index in [1.807, 2.05) is 0 Å². The molecule has 3 heteroatoms. The zero-order valence-corrected chi connectivity index (χ0v) is 18.8. The molecule has 3 nitrogen and oxygen atoms in total. The van der Waals surface area contributed by atoms with Crippen LogP contribution in [0.25, 0.3) is 11.1 Å². The Labute approximate surface area is 186 Å². The van der Waals surface area contributed by atoms with Gasteiger partial charge in [-0.25, -0.2) is 0 Å². The van der Waals surface area contributed by atoms with E-state index in [2.05, 4.69) is 79.8 Å². The molecular weight excluding hydrogens is 380 g/mol. The molecule has 1 aliphatic rings. The Morgan fingerprint density at radius 3 is 2.71 bits per heavy atom. The highest BCUT2D eigenvalue weighted by Crippen LogP contribution is 2.35. The van der Waals surface area contributed by atoms with Crippen LogP contribution in [0.5, 0.6) is 5.75 Å². The standard InChI is InChI=1S/C28H34N2O/c1-20-8-5-14-28(21(20)2)31-17-4-3-11-24-15-16-26-25(12-7-13-27(26)30-24)23-10-6-9-22(18-23)19-29/h5-10,12-14,18,24,30H,3-4,11,15-17,19,29H2,1-2H3. The number of aryl methyl sites for hydroxylation is 1. The van der Waals surface area contributed by atoms with Crippen LogP contribution in [0.4, 0.5) is 5.69 Å². The Hall–Kier alpha value is -2.78. The van der Waals surface area contributed by atoms with E-state index in [9.17, 15) is 0 Å². The quantitative estimate of drug-likeness (QED) is 0.419. The third kappa shape index (κ3) is 5.11. The molecule has 1 aliphatic heterocycles. The fourth-order valence-corrected chi connectivity index (χ4v) is 4.51. The third-order valence-corrected chi connectivity index (χ3v) is 6.51. The highest BCUT2D eigenvalue weighted by molar-refractivity contribution is 5.75. The van der Waals surface area contributed by atoms with Crippen molar-refractivity contribution in [1.82, 2.24) is 0 Å². The number of ether oxygens (including phenoxy) is 1. The second-order valence-electron chi connectivity index (χ2n) is 8.66. The molecule has 0 fully saturated rings. The van der Waals surface area contributed by atoms with Crippen LogP contribution in [0, 0.1) is 13.8 Å². The molecule has 3 N–H and O–H groups in total. The molecule has 1 heterocycles. The predicted octanol–water partition coefficient (Wildman–Crippen LogP) is 6.41. The van der Waals surface area contributed by atoms with Crippen LogP contribution in [0.1, 0.15) is 47.9 Å². The minimum absolute atomic E-state index is 0.541. The number of benzene rings is 3. The van der Waals surface area contributed by atoms with Crippen molar-refractivity contribution in [2.24, 2.45) is 5.73 Å². The summed E-state index contributed by atoms with van der Waals surface area (Å²) >= 11 is 0. The van der Waals surface area contributed by atoms with Crippen LogP contribution < -0.4 is 15.8 Å². The molecule has 0 amide bonds. The van der Waals surface area contributed by atoms with Crippen LogP contribution in [0.2, 0.25) is 0 Å². The third-order valence-electron chi connectivity index (χ3n) is 6.51. The average Bonchev–Trinajstić information content (AvgIpc) is 2.81. The van der Waals surface area contributed by atoms with Gasteiger partial charge in [-0.15, -0.1) is 0 Å². The van der Waals surface area contributed by atoms with Crippen molar-refractivity contribution in [1.29, 1.82) is 0 Å². The summed E-state index contributed by atoms with van der Waals surface area (Å²) in [6.07, 6.45) is 5.75. The van der Waals surface area contributed by atoms with Crippen molar-refractivity contribution in [3.63, 3.8) is 0 Å². The number of hydrogen-bond acceptors (Lipinski definition) is 3. The number of hydrogen-bond donors (Lipinski definition) is 2. The van der Waals surface area contributed by atoms with Gasteiger partial charge < -0.3 is 15.8 Å². The fourth-order valence-electron chi connectivity index (χ4n) is 4.51. The molecule has 0 aliphatic carbocycles. The van der Waals surface area contributed by atoms with Crippen molar-refractivity contribution >= 4 is 5.69 Å². The monoisotopic (exact) mass is 414 g/mol. The topological polar surface area (TPSA) is 47.3 Å². The molecule has 0 bridgehead atoms. The van der Waals surface area contributed by atoms with Crippen LogP contribution >= 0.6 is 0 Å². The van der Waals surface area contributed by atoms with Crippen LogP contribution in [0.3, 0.4) is 0 Å². The minimum Gasteiger partial charge on any atom is -0.493 e. The Kier molecular flexibility index (Phi) is 6.93. The molecule has 0 saturated heterocycles. The molecule has 0 radical (unpaired) electrons. The van der Waals surface area contributed by atoms with Crippen molar-refractivity contribution in [2.45, 2.75) is 58.5 Å². The van der Waals surface area contributed by atoms with Crippen LogP contribution in [-0.2, 0) is 13.0 Å². The van der Waals surface area contributed by atoms with Crippen LogP contribution in [-0.4, -0.2) is 12.6 Å². The van der Waals surface area contributed by atoms with E-state index in [0.29, 0.717) is 12.6 Å². The van der Waals surface area contributed by atoms with E-state index in [4.69, 9.17) is 10.5 Å². The zero-order chi connectivity index (χ0) is 21.6. The molecular formula is C28H34N2O. The molecule has 1 unspecified atom stereocenters. The van der Waals surface area contributed by atoms with E-state index >= 15 is 0 Å². The Bertz CT molecular complexity index is 1030. The maximum Gasteiger partial charge on any atom is 0.122 e. The summed E-state index contributed by atoms with van der Waals surface area (Å²) in [4.78, 5) is 0. The van der Waals surface area contributed by atoms with Gasteiger partial charge in [0.1, 0.15) is 5.75 Å². The second-order valence-corrected chi connectivity index (χ2v) is 8.66. The van der Waals surface area contributed by atoms with Gasteiger partial charge in [0.2, 0.25) is 0 Å². The first-order valence-corrected chi connectivity index (χ1v) is 11.5. The Morgan fingerprint density at radius 2 is 1.84 bits per heavy atom. The lowest BCUT2D eigenvalue weighted by molar-refractivity contribution is 0.301. The van der Waals surface area contributed by atoms with Crippen molar-refractivity contribution in [3.8, 4) is 16.9 Å². The van der Waals surface area contributed by atoms with Gasteiger partial charge in [-0.05, 0) is 97.5 Å². The molecule has 3 aromatic carbocycles. The first-order chi connectivity index (χ1) is 15.2. The van der Waals surface area contributed by atoms with Gasteiger partial charge in [-0.2, -0.15) is 0 Å². The fraction of sp³-hybridized carbons (Fsp3) is 0.357. The maximum absolute atomic E-state index is 6.02. The summed E-state index contributed by atoms with van der Waals surface area (Å²) in [7, 11) is 0. The summed E-state index contributed by atoms with van der Waals surface area (Å²) < 4.78 is 6.02. The molecule has 0 spiro atoms. The van der Waals surface area contributed by atoms with Gasteiger partial charge in [-0.3, -0.25) is 0 Å². The van der Waals surface area contributed by atoms with Gasteiger partial charge in [0.15, 0.2) is 0 Å². The summed E-state index contributed by atoms with van der Waals surface area (Å²) in [5.74, 6) is 1.02. The Morgan fingerprint density at radius 1 is 1.00 bits per heavy atom. The first kappa shape index (κ1) is 21.5. The lowest BCUT2D eigenvalue weighted by Gasteiger charge is -2.29. The van der Waals surface area contributed by atoms with Crippen molar-refractivity contribution in [3.05, 3.63) is 82.9 Å². The van der Waals surface area contributed by atoms with E-state index in [-0.39, 0.29) is 0 Å². The molecule has 3 aromatic rings. The number of anilines is 1. The molecule has 1 atom stereocenters. The molecule has 0 aromatic heterocycles. The molecule has 0 saturated carbocycles. The van der Waals surface area contributed by atoms with Gasteiger partial charge >= 0.3 is 0 Å². The van der Waals surface area contributed by atoms with Gasteiger partial charge in [0.25, 0.3) is 0 Å². The van der Waals surface area contributed by atoms with Gasteiger partial charge in [-0.1, -0.05) is 42.5 Å². The molecule has 4 rings (SSSR count). The average molecular weight is 415 g/mol. The number of nitrogens with two attached hydrogens (primary N) is 1. The smallest absolute Gasteiger partial charge is 0.122 e. The van der Waals surface area contributed by atoms with E-state index < -0.39 is 0 Å². The van der Waals surface area contributed by atoms with Crippen molar-refractivity contribution < 1.29 is 4.74 Å². The number of rotatable bonds is 8. The maximum atomic E-state index is 6.02. The SMILES string of the molecule is Cc1cccc(OCCCCC2CCc3c(cccc3-c3cccc(CN)c3)N2)c1C. The first-order valence-electron chi connectivity index (χ1n) is 11.5. The molecule has 162 valence electrons.